The van der Waals surface area contributed by atoms with Gasteiger partial charge in [-0.2, -0.15) is 0 Å². The highest BCUT2D eigenvalue weighted by molar-refractivity contribution is 4.97. The predicted molar refractivity (Wildman–Crippen MR) is 55.4 cm³/mol. The highest BCUT2D eigenvalue weighted by Gasteiger charge is 2.47. The normalized spacial score (nSPS) is 53.8. The van der Waals surface area contributed by atoms with Crippen LogP contribution in [0.5, 0.6) is 0 Å². The van der Waals surface area contributed by atoms with Crippen molar-refractivity contribution in [3.63, 3.8) is 0 Å². The molecular formula is C13H22. The van der Waals surface area contributed by atoms with Gasteiger partial charge < -0.3 is 0 Å². The van der Waals surface area contributed by atoms with Gasteiger partial charge in [0.2, 0.25) is 0 Å². The minimum absolute atomic E-state index is 1.12. The molecule has 0 radical (unpaired) electrons. The quantitative estimate of drug-likeness (QED) is 0.572. The fraction of sp³-hybridized carbons (Fsp3) is 1.00. The molecule has 0 nitrogen and oxygen atoms in total. The first kappa shape index (κ1) is 8.32. The third-order valence-corrected chi connectivity index (χ3v) is 5.34. The van der Waals surface area contributed by atoms with E-state index in [9.17, 15) is 0 Å². The van der Waals surface area contributed by atoms with Gasteiger partial charge in [0, 0.05) is 0 Å². The highest BCUT2D eigenvalue weighted by Crippen LogP contribution is 2.57. The Hall–Kier alpha value is 0. The summed E-state index contributed by atoms with van der Waals surface area (Å²) in [5.74, 6) is 5.75. The Bertz CT molecular complexity index is 194. The highest BCUT2D eigenvalue weighted by atomic mass is 14.5. The second kappa shape index (κ2) is 3.00. The summed E-state index contributed by atoms with van der Waals surface area (Å²) in [7, 11) is 0. The summed E-state index contributed by atoms with van der Waals surface area (Å²) < 4.78 is 0. The van der Waals surface area contributed by atoms with Crippen LogP contribution in [0, 0.1) is 29.6 Å². The van der Waals surface area contributed by atoms with Crippen LogP contribution in [-0.4, -0.2) is 0 Å². The van der Waals surface area contributed by atoms with Crippen molar-refractivity contribution in [2.45, 2.75) is 51.9 Å². The van der Waals surface area contributed by atoms with E-state index in [4.69, 9.17) is 0 Å². The molecule has 5 atom stereocenters. The van der Waals surface area contributed by atoms with Crippen molar-refractivity contribution in [1.29, 1.82) is 0 Å². The second-order valence-corrected chi connectivity index (χ2v) is 5.75. The van der Waals surface area contributed by atoms with Crippen molar-refractivity contribution in [1.82, 2.24) is 0 Å². The molecule has 3 fully saturated rings. The Morgan fingerprint density at radius 1 is 0.923 bits per heavy atom. The van der Waals surface area contributed by atoms with E-state index in [-0.39, 0.29) is 0 Å². The van der Waals surface area contributed by atoms with Gasteiger partial charge in [0.15, 0.2) is 0 Å². The Morgan fingerprint density at radius 2 is 1.77 bits per heavy atom. The second-order valence-electron chi connectivity index (χ2n) is 5.75. The topological polar surface area (TPSA) is 0 Å². The lowest BCUT2D eigenvalue weighted by Crippen LogP contribution is -2.30. The maximum atomic E-state index is 2.41. The number of hydrogen-bond acceptors (Lipinski definition) is 0. The minimum Gasteiger partial charge on any atom is -0.0651 e. The Kier molecular flexibility index (Phi) is 1.92. The summed E-state index contributed by atoms with van der Waals surface area (Å²) in [6.07, 6.45) is 11.0. The molecule has 74 valence electrons. The zero-order chi connectivity index (χ0) is 8.84. The van der Waals surface area contributed by atoms with Crippen molar-refractivity contribution in [3.8, 4) is 0 Å². The van der Waals surface area contributed by atoms with Gasteiger partial charge in [-0.15, -0.1) is 0 Å². The van der Waals surface area contributed by atoms with Gasteiger partial charge in [0.05, 0.1) is 0 Å². The molecule has 0 heteroatoms. The van der Waals surface area contributed by atoms with Gasteiger partial charge in [0.25, 0.3) is 0 Å². The van der Waals surface area contributed by atoms with Crippen molar-refractivity contribution in [2.24, 2.45) is 29.6 Å². The summed E-state index contributed by atoms with van der Waals surface area (Å²) in [4.78, 5) is 0. The first-order valence-electron chi connectivity index (χ1n) is 6.38. The van der Waals surface area contributed by atoms with Gasteiger partial charge in [-0.25, -0.2) is 0 Å². The molecule has 0 aromatic carbocycles. The van der Waals surface area contributed by atoms with Gasteiger partial charge in [-0.3, -0.25) is 0 Å². The Morgan fingerprint density at radius 3 is 2.62 bits per heavy atom. The average Bonchev–Trinajstić information content (AvgIpc) is 2.57. The molecule has 0 aromatic heterocycles. The van der Waals surface area contributed by atoms with Crippen LogP contribution in [0.3, 0.4) is 0 Å². The molecule has 0 spiro atoms. The first-order chi connectivity index (χ1) is 6.38. The lowest BCUT2D eigenvalue weighted by molar-refractivity contribution is 0.103. The van der Waals surface area contributed by atoms with Crippen LogP contribution in [0.4, 0.5) is 0 Å². The molecule has 0 amide bonds. The van der Waals surface area contributed by atoms with E-state index in [1.54, 1.807) is 38.5 Å². The monoisotopic (exact) mass is 178 g/mol. The molecule has 5 unspecified atom stereocenters. The lowest BCUT2D eigenvalue weighted by Gasteiger charge is -2.40. The van der Waals surface area contributed by atoms with E-state index >= 15 is 0 Å². The molecule has 13 heavy (non-hydrogen) atoms. The molecule has 3 saturated carbocycles. The van der Waals surface area contributed by atoms with E-state index in [0.29, 0.717) is 0 Å². The average molecular weight is 178 g/mol. The molecule has 0 aromatic rings. The van der Waals surface area contributed by atoms with Crippen LogP contribution < -0.4 is 0 Å². The van der Waals surface area contributed by atoms with Gasteiger partial charge in [-0.1, -0.05) is 32.6 Å². The lowest BCUT2D eigenvalue weighted by atomic mass is 9.65. The van der Waals surface area contributed by atoms with E-state index in [1.165, 1.54) is 6.42 Å². The van der Waals surface area contributed by atoms with Gasteiger partial charge in [-0.05, 0) is 48.9 Å². The predicted octanol–water partition coefficient (Wildman–Crippen LogP) is 3.86. The molecule has 0 aliphatic heterocycles. The van der Waals surface area contributed by atoms with Crippen molar-refractivity contribution in [3.05, 3.63) is 0 Å². The zero-order valence-electron chi connectivity index (χ0n) is 8.84. The minimum atomic E-state index is 1.12. The first-order valence-corrected chi connectivity index (χ1v) is 6.38. The molecule has 3 rings (SSSR count). The maximum absolute atomic E-state index is 2.41. The summed E-state index contributed by atoms with van der Waals surface area (Å²) in [6.45, 7) is 2.41. The molecule has 3 aliphatic rings. The summed E-state index contributed by atoms with van der Waals surface area (Å²) >= 11 is 0. The molecule has 3 aliphatic carbocycles. The van der Waals surface area contributed by atoms with E-state index in [1.807, 2.05) is 0 Å². The van der Waals surface area contributed by atoms with Crippen molar-refractivity contribution >= 4 is 0 Å². The Balaban J connectivity index is 1.84. The van der Waals surface area contributed by atoms with Crippen LogP contribution >= 0.6 is 0 Å². The van der Waals surface area contributed by atoms with Crippen LogP contribution in [0.25, 0.3) is 0 Å². The molecule has 4 bridgehead atoms. The van der Waals surface area contributed by atoms with Gasteiger partial charge in [0.1, 0.15) is 0 Å². The third-order valence-electron chi connectivity index (χ3n) is 5.34. The van der Waals surface area contributed by atoms with Crippen LogP contribution in [0.1, 0.15) is 51.9 Å². The maximum Gasteiger partial charge on any atom is -0.0355 e. The van der Waals surface area contributed by atoms with E-state index in [0.717, 1.165) is 29.6 Å². The standard InChI is InChI=1S/C13H22/c1-2-9-6-12-8-13(9)11-5-3-4-10(12)7-11/h9-13H,2-8H2,1H3. The van der Waals surface area contributed by atoms with Gasteiger partial charge >= 0.3 is 0 Å². The fourth-order valence-electron chi connectivity index (χ4n) is 4.72. The molecule has 0 heterocycles. The summed E-state index contributed by atoms with van der Waals surface area (Å²) in [5.41, 5.74) is 0. The van der Waals surface area contributed by atoms with Crippen molar-refractivity contribution < 1.29 is 0 Å². The number of hydrogen-bond donors (Lipinski definition) is 0. The SMILES string of the molecule is CCC1CC2CC1C1CCCC2C1. The summed E-state index contributed by atoms with van der Waals surface area (Å²) in [6, 6.07) is 0. The smallest absolute Gasteiger partial charge is 0.0355 e. The Labute approximate surface area is 82.1 Å². The zero-order valence-corrected chi connectivity index (χ0v) is 8.84. The number of fused-ring (bicyclic) bond motifs is 6. The molecular weight excluding hydrogens is 156 g/mol. The third kappa shape index (κ3) is 1.17. The molecule has 0 saturated heterocycles. The van der Waals surface area contributed by atoms with Crippen LogP contribution in [-0.2, 0) is 0 Å². The molecule has 0 N–H and O–H groups in total. The van der Waals surface area contributed by atoms with Crippen molar-refractivity contribution in [2.75, 3.05) is 0 Å². The largest absolute Gasteiger partial charge is 0.0651 e. The van der Waals surface area contributed by atoms with Crippen LogP contribution in [0.2, 0.25) is 0 Å². The fourth-order valence-corrected chi connectivity index (χ4v) is 4.72. The van der Waals surface area contributed by atoms with E-state index < -0.39 is 0 Å². The van der Waals surface area contributed by atoms with Crippen LogP contribution in [0.15, 0.2) is 0 Å². The van der Waals surface area contributed by atoms with E-state index in [2.05, 4.69) is 6.92 Å². The number of rotatable bonds is 1. The summed E-state index contributed by atoms with van der Waals surface area (Å²) in [5, 5.41) is 0.